The van der Waals surface area contributed by atoms with Gasteiger partial charge in [0.25, 0.3) is 0 Å². The Kier molecular flexibility index (Phi) is 3.34. The molecule has 0 radical (unpaired) electrons. The average molecular weight is 157 g/mol. The second-order valence-electron chi connectivity index (χ2n) is 3.82. The summed E-state index contributed by atoms with van der Waals surface area (Å²) in [7, 11) is 0. The fourth-order valence-corrected chi connectivity index (χ4v) is 1.75. The minimum atomic E-state index is 0.310. The number of likely N-dealkylation sites (tertiary alicyclic amines) is 1. The summed E-state index contributed by atoms with van der Waals surface area (Å²) in [5.41, 5.74) is 0. The maximum Gasteiger partial charge on any atom is 0.0558 e. The average Bonchev–Trinajstić information content (AvgIpc) is 2.37. The lowest BCUT2D eigenvalue weighted by atomic mass is 9.95. The Hall–Kier alpha value is -0.0800. The van der Waals surface area contributed by atoms with E-state index in [9.17, 15) is 0 Å². The molecule has 0 aliphatic carbocycles. The first-order chi connectivity index (χ1) is 5.24. The van der Waals surface area contributed by atoms with E-state index in [2.05, 4.69) is 18.7 Å². The number of aliphatic hydroxyl groups is 1. The molecule has 0 aromatic carbocycles. The van der Waals surface area contributed by atoms with Crippen molar-refractivity contribution in [1.82, 2.24) is 4.90 Å². The number of hydrogen-bond donors (Lipinski definition) is 1. The van der Waals surface area contributed by atoms with Crippen molar-refractivity contribution in [3.05, 3.63) is 0 Å². The monoisotopic (exact) mass is 157 g/mol. The molecule has 11 heavy (non-hydrogen) atoms. The van der Waals surface area contributed by atoms with Crippen LogP contribution in [-0.2, 0) is 0 Å². The van der Waals surface area contributed by atoms with E-state index in [1.807, 2.05) is 0 Å². The molecule has 1 aliphatic rings. The number of hydrogen-bond acceptors (Lipinski definition) is 2. The summed E-state index contributed by atoms with van der Waals surface area (Å²) in [4.78, 5) is 2.35. The summed E-state index contributed by atoms with van der Waals surface area (Å²) < 4.78 is 0. The highest BCUT2D eigenvalue weighted by Gasteiger charge is 2.23. The third kappa shape index (κ3) is 2.46. The van der Waals surface area contributed by atoms with E-state index < -0.39 is 0 Å². The number of aliphatic hydroxyl groups excluding tert-OH is 1. The van der Waals surface area contributed by atoms with Crippen LogP contribution in [0.25, 0.3) is 0 Å². The molecule has 1 heterocycles. The molecule has 1 atom stereocenters. The zero-order valence-electron chi connectivity index (χ0n) is 7.58. The molecule has 1 fully saturated rings. The Bertz CT molecular complexity index is 114. The van der Waals surface area contributed by atoms with Crippen molar-refractivity contribution in [1.29, 1.82) is 0 Å². The molecular formula is C9H19NO. The van der Waals surface area contributed by atoms with Crippen LogP contribution < -0.4 is 0 Å². The summed E-state index contributed by atoms with van der Waals surface area (Å²) in [6, 6.07) is 0. The summed E-state index contributed by atoms with van der Waals surface area (Å²) in [6.45, 7) is 8.12. The van der Waals surface area contributed by atoms with Crippen LogP contribution in [-0.4, -0.2) is 36.2 Å². The van der Waals surface area contributed by atoms with E-state index in [1.54, 1.807) is 0 Å². The van der Waals surface area contributed by atoms with Crippen molar-refractivity contribution in [3.63, 3.8) is 0 Å². The van der Waals surface area contributed by atoms with Crippen LogP contribution in [0.2, 0.25) is 0 Å². The Morgan fingerprint density at radius 1 is 1.55 bits per heavy atom. The predicted molar refractivity (Wildman–Crippen MR) is 46.5 cm³/mol. The van der Waals surface area contributed by atoms with Crippen molar-refractivity contribution < 1.29 is 5.11 Å². The molecule has 1 rings (SSSR count). The topological polar surface area (TPSA) is 23.5 Å². The van der Waals surface area contributed by atoms with E-state index in [4.69, 9.17) is 5.11 Å². The van der Waals surface area contributed by atoms with E-state index in [0.717, 1.165) is 18.4 Å². The third-order valence-electron chi connectivity index (χ3n) is 2.67. The van der Waals surface area contributed by atoms with Crippen molar-refractivity contribution in [2.24, 2.45) is 11.8 Å². The van der Waals surface area contributed by atoms with Gasteiger partial charge in [-0.25, -0.2) is 0 Å². The second-order valence-corrected chi connectivity index (χ2v) is 3.82. The first-order valence-electron chi connectivity index (χ1n) is 4.57. The molecule has 0 amide bonds. The normalized spacial score (nSPS) is 26.7. The van der Waals surface area contributed by atoms with Crippen molar-refractivity contribution in [2.75, 3.05) is 26.2 Å². The maximum absolute atomic E-state index is 8.71. The minimum Gasteiger partial charge on any atom is -0.395 e. The first kappa shape index (κ1) is 9.01. The van der Waals surface area contributed by atoms with Crippen LogP contribution in [0.15, 0.2) is 0 Å². The van der Waals surface area contributed by atoms with Gasteiger partial charge in [0, 0.05) is 13.1 Å². The zero-order valence-corrected chi connectivity index (χ0v) is 7.58. The van der Waals surface area contributed by atoms with E-state index in [-0.39, 0.29) is 0 Å². The molecule has 1 aliphatic heterocycles. The lowest BCUT2D eigenvalue weighted by molar-refractivity contribution is 0.213. The second kappa shape index (κ2) is 4.07. The smallest absolute Gasteiger partial charge is 0.0558 e. The molecule has 1 saturated heterocycles. The van der Waals surface area contributed by atoms with Gasteiger partial charge in [0.15, 0.2) is 0 Å². The summed E-state index contributed by atoms with van der Waals surface area (Å²) in [5, 5.41) is 8.71. The van der Waals surface area contributed by atoms with Gasteiger partial charge in [-0.1, -0.05) is 13.8 Å². The molecule has 0 unspecified atom stereocenters. The molecule has 0 aromatic heterocycles. The van der Waals surface area contributed by atoms with Crippen molar-refractivity contribution in [2.45, 2.75) is 20.3 Å². The largest absolute Gasteiger partial charge is 0.395 e. The lowest BCUT2D eigenvalue weighted by Gasteiger charge is -2.16. The summed E-state index contributed by atoms with van der Waals surface area (Å²) in [5.74, 6) is 1.67. The molecule has 2 nitrogen and oxygen atoms in total. The van der Waals surface area contributed by atoms with Gasteiger partial charge in [0.2, 0.25) is 0 Å². The van der Waals surface area contributed by atoms with Gasteiger partial charge < -0.3 is 10.0 Å². The van der Waals surface area contributed by atoms with Crippen LogP contribution in [0.1, 0.15) is 20.3 Å². The Labute approximate surface area is 69.2 Å². The Balaban J connectivity index is 2.23. The fourth-order valence-electron chi connectivity index (χ4n) is 1.75. The molecule has 66 valence electrons. The van der Waals surface area contributed by atoms with E-state index in [1.165, 1.54) is 19.5 Å². The zero-order chi connectivity index (χ0) is 8.27. The third-order valence-corrected chi connectivity index (χ3v) is 2.67. The molecule has 1 N–H and O–H groups in total. The molecule has 0 saturated carbocycles. The van der Waals surface area contributed by atoms with Gasteiger partial charge in [-0.3, -0.25) is 0 Å². The van der Waals surface area contributed by atoms with E-state index >= 15 is 0 Å². The standard InChI is InChI=1S/C9H19NO/c1-8(2)9-3-4-10(7-9)5-6-11/h8-9,11H,3-7H2,1-2H3/t9-/m0/s1. The molecule has 0 spiro atoms. The SMILES string of the molecule is CC(C)[C@H]1CCN(CCO)C1. The quantitative estimate of drug-likeness (QED) is 0.659. The first-order valence-corrected chi connectivity index (χ1v) is 4.57. The highest BCUT2D eigenvalue weighted by Crippen LogP contribution is 2.22. The van der Waals surface area contributed by atoms with Crippen molar-refractivity contribution in [3.8, 4) is 0 Å². The van der Waals surface area contributed by atoms with E-state index in [0.29, 0.717) is 6.61 Å². The van der Waals surface area contributed by atoms with Gasteiger partial charge >= 0.3 is 0 Å². The van der Waals surface area contributed by atoms with Gasteiger partial charge in [-0.15, -0.1) is 0 Å². The Morgan fingerprint density at radius 3 is 2.73 bits per heavy atom. The fraction of sp³-hybridized carbons (Fsp3) is 1.00. The van der Waals surface area contributed by atoms with Crippen LogP contribution in [0.3, 0.4) is 0 Å². The van der Waals surface area contributed by atoms with Crippen LogP contribution in [0, 0.1) is 11.8 Å². The summed E-state index contributed by atoms with van der Waals surface area (Å²) in [6.07, 6.45) is 1.32. The molecule has 0 bridgehead atoms. The van der Waals surface area contributed by atoms with Gasteiger partial charge in [0.1, 0.15) is 0 Å². The molecule has 0 aromatic rings. The van der Waals surface area contributed by atoms with Gasteiger partial charge in [-0.2, -0.15) is 0 Å². The van der Waals surface area contributed by atoms with Crippen LogP contribution in [0.4, 0.5) is 0 Å². The highest BCUT2D eigenvalue weighted by atomic mass is 16.3. The van der Waals surface area contributed by atoms with Crippen LogP contribution in [0.5, 0.6) is 0 Å². The molecule has 2 heteroatoms. The van der Waals surface area contributed by atoms with Gasteiger partial charge in [0.05, 0.1) is 6.61 Å². The minimum absolute atomic E-state index is 0.310. The Morgan fingerprint density at radius 2 is 2.27 bits per heavy atom. The van der Waals surface area contributed by atoms with Crippen LogP contribution >= 0.6 is 0 Å². The summed E-state index contributed by atoms with van der Waals surface area (Å²) >= 11 is 0. The number of β-amino-alcohol motifs (C(OH)–C–C–N with tert-alkyl or cyclic N) is 1. The number of rotatable bonds is 3. The maximum atomic E-state index is 8.71. The van der Waals surface area contributed by atoms with Gasteiger partial charge in [-0.05, 0) is 24.8 Å². The number of nitrogens with zero attached hydrogens (tertiary/aromatic N) is 1. The predicted octanol–water partition coefficient (Wildman–Crippen LogP) is 0.957. The molecular weight excluding hydrogens is 138 g/mol. The van der Waals surface area contributed by atoms with Crippen molar-refractivity contribution >= 4 is 0 Å². The lowest BCUT2D eigenvalue weighted by Crippen LogP contribution is -2.25. The highest BCUT2D eigenvalue weighted by molar-refractivity contribution is 4.76.